The van der Waals surface area contributed by atoms with Crippen LogP contribution in [0.15, 0.2) is 30.6 Å². The van der Waals surface area contributed by atoms with Crippen LogP contribution in [0.2, 0.25) is 10.2 Å². The van der Waals surface area contributed by atoms with Gasteiger partial charge in [-0.3, -0.25) is 0 Å². The standard InChI is InChI=1S/C15H16Cl2N4/c1-18-6-10-8-21(9-15-19-7-14(17)20(15)2)13-5-11(16)3-4-12(10)13/h3-5,7-8,18H,6,9H2,1-2H3. The molecule has 1 N–H and O–H groups in total. The number of fused-ring (bicyclic) bond motifs is 1. The van der Waals surface area contributed by atoms with Gasteiger partial charge in [-0.1, -0.05) is 29.3 Å². The molecule has 2 aromatic heterocycles. The summed E-state index contributed by atoms with van der Waals surface area (Å²) in [4.78, 5) is 4.36. The number of halogens is 2. The van der Waals surface area contributed by atoms with Gasteiger partial charge < -0.3 is 14.5 Å². The van der Waals surface area contributed by atoms with Gasteiger partial charge in [-0.25, -0.2) is 4.98 Å². The Morgan fingerprint density at radius 1 is 1.29 bits per heavy atom. The van der Waals surface area contributed by atoms with Gasteiger partial charge in [0, 0.05) is 30.2 Å². The molecule has 0 unspecified atom stereocenters. The van der Waals surface area contributed by atoms with Crippen molar-refractivity contribution < 1.29 is 0 Å². The third-order valence-electron chi connectivity index (χ3n) is 3.63. The van der Waals surface area contributed by atoms with Gasteiger partial charge in [0.05, 0.1) is 18.3 Å². The van der Waals surface area contributed by atoms with Gasteiger partial charge >= 0.3 is 0 Å². The highest BCUT2D eigenvalue weighted by Crippen LogP contribution is 2.25. The number of imidazole rings is 1. The summed E-state index contributed by atoms with van der Waals surface area (Å²) < 4.78 is 4.04. The monoisotopic (exact) mass is 322 g/mol. The van der Waals surface area contributed by atoms with Crippen molar-refractivity contribution in [2.75, 3.05) is 7.05 Å². The van der Waals surface area contributed by atoms with E-state index in [2.05, 4.69) is 27.1 Å². The second kappa shape index (κ2) is 5.72. The summed E-state index contributed by atoms with van der Waals surface area (Å²) in [6.07, 6.45) is 3.81. The number of hydrogen-bond acceptors (Lipinski definition) is 2. The number of nitrogens with zero attached hydrogens (tertiary/aromatic N) is 3. The molecule has 0 saturated carbocycles. The Labute approximate surface area is 133 Å². The highest BCUT2D eigenvalue weighted by atomic mass is 35.5. The van der Waals surface area contributed by atoms with E-state index in [1.54, 1.807) is 6.20 Å². The molecule has 0 aliphatic heterocycles. The van der Waals surface area contributed by atoms with Crippen molar-refractivity contribution in [3.05, 3.63) is 52.2 Å². The second-order valence-corrected chi connectivity index (χ2v) is 5.85. The lowest BCUT2D eigenvalue weighted by Crippen LogP contribution is -2.06. The summed E-state index contributed by atoms with van der Waals surface area (Å²) in [6.45, 7) is 1.47. The smallest absolute Gasteiger partial charge is 0.129 e. The van der Waals surface area contributed by atoms with Crippen LogP contribution in [0.1, 0.15) is 11.4 Å². The molecule has 0 aliphatic carbocycles. The Morgan fingerprint density at radius 2 is 2.10 bits per heavy atom. The first-order chi connectivity index (χ1) is 10.1. The molecule has 4 nitrogen and oxygen atoms in total. The van der Waals surface area contributed by atoms with Crippen LogP contribution in [0.3, 0.4) is 0 Å². The molecule has 1 aromatic carbocycles. The van der Waals surface area contributed by atoms with E-state index >= 15 is 0 Å². The van der Waals surface area contributed by atoms with Crippen LogP contribution in [0.5, 0.6) is 0 Å². The normalized spacial score (nSPS) is 11.4. The Balaban J connectivity index is 2.09. The van der Waals surface area contributed by atoms with Crippen LogP contribution in [-0.2, 0) is 20.1 Å². The Morgan fingerprint density at radius 3 is 2.76 bits per heavy atom. The van der Waals surface area contributed by atoms with E-state index in [-0.39, 0.29) is 0 Å². The fraction of sp³-hybridized carbons (Fsp3) is 0.267. The first-order valence-electron chi connectivity index (χ1n) is 6.68. The number of benzene rings is 1. The van der Waals surface area contributed by atoms with Crippen molar-refractivity contribution in [1.82, 2.24) is 19.4 Å². The van der Waals surface area contributed by atoms with E-state index in [0.29, 0.717) is 11.7 Å². The maximum Gasteiger partial charge on any atom is 0.129 e. The third kappa shape index (κ3) is 2.67. The lowest BCUT2D eigenvalue weighted by molar-refractivity contribution is 0.713. The van der Waals surface area contributed by atoms with E-state index < -0.39 is 0 Å². The maximum atomic E-state index is 6.14. The van der Waals surface area contributed by atoms with Crippen LogP contribution in [0.25, 0.3) is 10.9 Å². The van der Waals surface area contributed by atoms with E-state index in [0.717, 1.165) is 22.9 Å². The fourth-order valence-corrected chi connectivity index (χ4v) is 2.84. The number of aromatic nitrogens is 3. The van der Waals surface area contributed by atoms with E-state index in [9.17, 15) is 0 Å². The average Bonchev–Trinajstić information content (AvgIpc) is 2.95. The predicted octanol–water partition coefficient (Wildman–Crippen LogP) is 3.45. The van der Waals surface area contributed by atoms with E-state index in [1.807, 2.05) is 30.8 Å². The second-order valence-electron chi connectivity index (χ2n) is 5.03. The lowest BCUT2D eigenvalue weighted by atomic mass is 10.2. The lowest BCUT2D eigenvalue weighted by Gasteiger charge is -2.06. The number of rotatable bonds is 4. The minimum atomic E-state index is 0.634. The van der Waals surface area contributed by atoms with Crippen molar-refractivity contribution >= 4 is 34.1 Å². The van der Waals surface area contributed by atoms with Gasteiger partial charge in [0.1, 0.15) is 11.0 Å². The molecule has 6 heteroatoms. The molecule has 0 radical (unpaired) electrons. The molecule has 0 spiro atoms. The van der Waals surface area contributed by atoms with Crippen molar-refractivity contribution in [3.63, 3.8) is 0 Å². The van der Waals surface area contributed by atoms with Gasteiger partial charge in [0.2, 0.25) is 0 Å². The maximum absolute atomic E-state index is 6.14. The summed E-state index contributed by atoms with van der Waals surface area (Å²) >= 11 is 12.2. The van der Waals surface area contributed by atoms with Crippen molar-refractivity contribution in [3.8, 4) is 0 Å². The molecular formula is C15H16Cl2N4. The van der Waals surface area contributed by atoms with Gasteiger partial charge in [-0.15, -0.1) is 0 Å². The van der Waals surface area contributed by atoms with Crippen LogP contribution < -0.4 is 5.32 Å². The molecular weight excluding hydrogens is 307 g/mol. The van der Waals surface area contributed by atoms with Crippen molar-refractivity contribution in [1.29, 1.82) is 0 Å². The SMILES string of the molecule is CNCc1cn(Cc2ncc(Cl)n2C)c2cc(Cl)ccc12. The third-order valence-corrected chi connectivity index (χ3v) is 4.22. The summed E-state index contributed by atoms with van der Waals surface area (Å²) in [5.74, 6) is 0.910. The molecule has 21 heavy (non-hydrogen) atoms. The quantitative estimate of drug-likeness (QED) is 0.798. The average molecular weight is 323 g/mol. The van der Waals surface area contributed by atoms with Gasteiger partial charge in [-0.2, -0.15) is 0 Å². The zero-order valence-corrected chi connectivity index (χ0v) is 13.4. The summed E-state index contributed by atoms with van der Waals surface area (Å²) in [5.41, 5.74) is 2.34. The summed E-state index contributed by atoms with van der Waals surface area (Å²) in [7, 11) is 3.86. The minimum absolute atomic E-state index is 0.634. The highest BCUT2D eigenvalue weighted by molar-refractivity contribution is 6.31. The molecule has 0 amide bonds. The zero-order chi connectivity index (χ0) is 15.0. The first kappa shape index (κ1) is 14.4. The number of nitrogens with one attached hydrogen (secondary N) is 1. The molecule has 0 atom stereocenters. The molecule has 0 saturated heterocycles. The van der Waals surface area contributed by atoms with E-state index in [1.165, 1.54) is 10.9 Å². The van der Waals surface area contributed by atoms with Gasteiger partial charge in [-0.05, 0) is 24.7 Å². The fourth-order valence-electron chi connectivity index (χ4n) is 2.53. The first-order valence-corrected chi connectivity index (χ1v) is 7.43. The molecule has 3 rings (SSSR count). The molecule has 110 valence electrons. The van der Waals surface area contributed by atoms with Crippen molar-refractivity contribution in [2.24, 2.45) is 7.05 Å². The highest BCUT2D eigenvalue weighted by Gasteiger charge is 2.11. The van der Waals surface area contributed by atoms with E-state index in [4.69, 9.17) is 23.2 Å². The minimum Gasteiger partial charge on any atom is -0.340 e. The molecule has 3 aromatic rings. The molecule has 0 aliphatic rings. The van der Waals surface area contributed by atoms with Crippen molar-refractivity contribution in [2.45, 2.75) is 13.1 Å². The molecule has 0 bridgehead atoms. The molecule has 2 heterocycles. The van der Waals surface area contributed by atoms with Crippen LogP contribution in [0, 0.1) is 0 Å². The van der Waals surface area contributed by atoms with Crippen LogP contribution >= 0.6 is 23.2 Å². The van der Waals surface area contributed by atoms with Crippen LogP contribution in [0.4, 0.5) is 0 Å². The topological polar surface area (TPSA) is 34.8 Å². The largest absolute Gasteiger partial charge is 0.340 e. The van der Waals surface area contributed by atoms with Crippen LogP contribution in [-0.4, -0.2) is 21.2 Å². The Kier molecular flexibility index (Phi) is 3.93. The Bertz CT molecular complexity index is 788. The molecule has 0 fully saturated rings. The summed E-state index contributed by atoms with van der Waals surface area (Å²) in [6, 6.07) is 5.97. The zero-order valence-electron chi connectivity index (χ0n) is 11.9. The predicted molar refractivity (Wildman–Crippen MR) is 87.0 cm³/mol. The summed E-state index contributed by atoms with van der Waals surface area (Å²) in [5, 5.41) is 5.76. The number of hydrogen-bond donors (Lipinski definition) is 1. The van der Waals surface area contributed by atoms with Gasteiger partial charge in [0.25, 0.3) is 0 Å². The van der Waals surface area contributed by atoms with Gasteiger partial charge in [0.15, 0.2) is 0 Å². The Hall–Kier alpha value is -1.49.